The molecular weight excluding hydrogens is 328 g/mol. The molecule has 1 aromatic heterocycles. The first kappa shape index (κ1) is 17.3. The molecule has 0 saturated carbocycles. The molecule has 1 atom stereocenters. The number of aryl methyl sites for hydroxylation is 1. The molecule has 1 unspecified atom stereocenters. The second-order valence-corrected chi connectivity index (χ2v) is 8.97. The first-order valence-electron chi connectivity index (χ1n) is 8.61. The number of aromatic nitrogens is 2. The summed E-state index contributed by atoms with van der Waals surface area (Å²) in [6.45, 7) is 8.94. The van der Waals surface area contributed by atoms with Crippen molar-refractivity contribution in [2.45, 2.75) is 39.7 Å². The van der Waals surface area contributed by atoms with Crippen LogP contribution in [0.1, 0.15) is 37.2 Å². The maximum Gasteiger partial charge on any atom is 0.222 e. The second-order valence-electron chi connectivity index (χ2n) is 6.74. The molecule has 134 valence electrons. The van der Waals surface area contributed by atoms with E-state index >= 15 is 0 Å². The van der Waals surface area contributed by atoms with Crippen LogP contribution in [0.5, 0.6) is 0 Å². The van der Waals surface area contributed by atoms with Crippen molar-refractivity contribution in [2.75, 3.05) is 42.6 Å². The Hall–Kier alpha value is -1.57. The zero-order valence-electron chi connectivity index (χ0n) is 14.7. The number of hydrogen-bond donors (Lipinski definition) is 0. The fraction of sp³-hybridized carbons (Fsp3) is 0.750. The predicted octanol–water partition coefficient (Wildman–Crippen LogP) is 0.918. The Morgan fingerprint density at radius 1 is 1.21 bits per heavy atom. The SMILES string of the molecule is CCC(=O)N1CCN(c2c(C)nn(C3CCS(=O)(=O)C3)c2C)CC1. The molecule has 2 aliphatic heterocycles. The van der Waals surface area contributed by atoms with Crippen molar-refractivity contribution in [1.82, 2.24) is 14.7 Å². The minimum Gasteiger partial charge on any atom is -0.365 e. The third-order valence-electron chi connectivity index (χ3n) is 5.09. The molecule has 0 radical (unpaired) electrons. The van der Waals surface area contributed by atoms with Crippen molar-refractivity contribution < 1.29 is 13.2 Å². The van der Waals surface area contributed by atoms with Crippen LogP contribution in [0.3, 0.4) is 0 Å². The van der Waals surface area contributed by atoms with E-state index in [-0.39, 0.29) is 23.5 Å². The molecule has 2 aliphatic rings. The quantitative estimate of drug-likeness (QED) is 0.807. The lowest BCUT2D eigenvalue weighted by atomic mass is 10.2. The van der Waals surface area contributed by atoms with Crippen LogP contribution in [0.2, 0.25) is 0 Å². The Bertz CT molecular complexity index is 733. The second kappa shape index (κ2) is 6.38. The highest BCUT2D eigenvalue weighted by Gasteiger charge is 2.32. The van der Waals surface area contributed by atoms with Gasteiger partial charge in [-0.2, -0.15) is 5.10 Å². The third-order valence-corrected chi connectivity index (χ3v) is 6.84. The van der Waals surface area contributed by atoms with E-state index in [0.717, 1.165) is 43.3 Å². The van der Waals surface area contributed by atoms with Gasteiger partial charge in [-0.05, 0) is 20.3 Å². The van der Waals surface area contributed by atoms with E-state index in [4.69, 9.17) is 0 Å². The summed E-state index contributed by atoms with van der Waals surface area (Å²) in [6, 6.07) is -0.0505. The van der Waals surface area contributed by atoms with E-state index in [9.17, 15) is 13.2 Å². The Labute approximate surface area is 143 Å². The lowest BCUT2D eigenvalue weighted by molar-refractivity contribution is -0.131. The molecule has 3 rings (SSSR count). The van der Waals surface area contributed by atoms with Crippen molar-refractivity contribution in [3.8, 4) is 0 Å². The van der Waals surface area contributed by atoms with Gasteiger partial charge in [0.25, 0.3) is 0 Å². The number of carbonyl (C=O) groups excluding carboxylic acids is 1. The highest BCUT2D eigenvalue weighted by atomic mass is 32.2. The smallest absolute Gasteiger partial charge is 0.222 e. The summed E-state index contributed by atoms with van der Waals surface area (Å²) in [6.07, 6.45) is 1.19. The summed E-state index contributed by atoms with van der Waals surface area (Å²) >= 11 is 0. The molecule has 3 heterocycles. The van der Waals surface area contributed by atoms with Gasteiger partial charge in [0.05, 0.1) is 34.6 Å². The largest absolute Gasteiger partial charge is 0.365 e. The average Bonchev–Trinajstić information content (AvgIpc) is 3.06. The first-order chi connectivity index (χ1) is 11.3. The standard InChI is InChI=1S/C16H26N4O3S/c1-4-15(21)18-6-8-19(9-7-18)16-12(2)17-20(13(16)3)14-5-10-24(22,23)11-14/h14H,4-11H2,1-3H3. The number of anilines is 1. The van der Waals surface area contributed by atoms with Crippen LogP contribution < -0.4 is 4.90 Å². The van der Waals surface area contributed by atoms with Crippen molar-refractivity contribution in [2.24, 2.45) is 0 Å². The molecule has 7 nitrogen and oxygen atoms in total. The van der Waals surface area contributed by atoms with Gasteiger partial charge in [-0.25, -0.2) is 8.42 Å². The van der Waals surface area contributed by atoms with E-state index < -0.39 is 9.84 Å². The van der Waals surface area contributed by atoms with Gasteiger partial charge in [-0.3, -0.25) is 9.48 Å². The van der Waals surface area contributed by atoms with Gasteiger partial charge in [0.15, 0.2) is 9.84 Å². The minimum atomic E-state index is -2.93. The van der Waals surface area contributed by atoms with Gasteiger partial charge < -0.3 is 9.80 Å². The van der Waals surface area contributed by atoms with Crippen molar-refractivity contribution in [3.05, 3.63) is 11.4 Å². The molecule has 2 fully saturated rings. The van der Waals surface area contributed by atoms with Gasteiger partial charge in [-0.15, -0.1) is 0 Å². The molecule has 8 heteroatoms. The molecular formula is C16H26N4O3S. The first-order valence-corrected chi connectivity index (χ1v) is 10.4. The summed E-state index contributed by atoms with van der Waals surface area (Å²) in [5.74, 6) is 0.644. The number of sulfone groups is 1. The Morgan fingerprint density at radius 2 is 1.88 bits per heavy atom. The maximum absolute atomic E-state index is 11.8. The Kier molecular flexibility index (Phi) is 4.59. The summed E-state index contributed by atoms with van der Waals surface area (Å²) in [5, 5.41) is 4.63. The number of carbonyl (C=O) groups is 1. The highest BCUT2D eigenvalue weighted by molar-refractivity contribution is 7.91. The van der Waals surface area contributed by atoms with Crippen LogP contribution in [0, 0.1) is 13.8 Å². The number of piperazine rings is 1. The van der Waals surface area contributed by atoms with Crippen LogP contribution in [0.4, 0.5) is 5.69 Å². The molecule has 24 heavy (non-hydrogen) atoms. The zero-order chi connectivity index (χ0) is 17.5. The summed E-state index contributed by atoms with van der Waals surface area (Å²) in [5.41, 5.74) is 3.07. The number of nitrogens with zero attached hydrogens (tertiary/aromatic N) is 4. The highest BCUT2D eigenvalue weighted by Crippen LogP contribution is 2.31. The molecule has 2 saturated heterocycles. The van der Waals surface area contributed by atoms with Gasteiger partial charge in [0.1, 0.15) is 0 Å². The predicted molar refractivity (Wildman–Crippen MR) is 93.1 cm³/mol. The number of amides is 1. The molecule has 0 aliphatic carbocycles. The van der Waals surface area contributed by atoms with Crippen LogP contribution >= 0.6 is 0 Å². The normalized spacial score (nSPS) is 23.7. The van der Waals surface area contributed by atoms with E-state index in [0.29, 0.717) is 12.8 Å². The molecule has 0 N–H and O–H groups in total. The van der Waals surface area contributed by atoms with Gasteiger partial charge in [0.2, 0.25) is 5.91 Å². The van der Waals surface area contributed by atoms with E-state index in [1.807, 2.05) is 30.4 Å². The van der Waals surface area contributed by atoms with E-state index in [1.165, 1.54) is 0 Å². The minimum absolute atomic E-state index is 0.0505. The maximum atomic E-state index is 11.8. The lowest BCUT2D eigenvalue weighted by Gasteiger charge is -2.36. The number of rotatable bonds is 3. The van der Waals surface area contributed by atoms with E-state index in [2.05, 4.69) is 10.00 Å². The summed E-state index contributed by atoms with van der Waals surface area (Å²) in [7, 11) is -2.93. The van der Waals surface area contributed by atoms with Gasteiger partial charge >= 0.3 is 0 Å². The van der Waals surface area contributed by atoms with Crippen LogP contribution in [0.15, 0.2) is 0 Å². The molecule has 1 aromatic rings. The Balaban J connectivity index is 1.77. The average molecular weight is 354 g/mol. The van der Waals surface area contributed by atoms with E-state index in [1.54, 1.807) is 0 Å². The lowest BCUT2D eigenvalue weighted by Crippen LogP contribution is -2.48. The van der Waals surface area contributed by atoms with Crippen LogP contribution in [-0.2, 0) is 14.6 Å². The van der Waals surface area contributed by atoms with Crippen LogP contribution in [0.25, 0.3) is 0 Å². The topological polar surface area (TPSA) is 75.5 Å². The molecule has 0 bridgehead atoms. The fourth-order valence-corrected chi connectivity index (χ4v) is 5.53. The Morgan fingerprint density at radius 3 is 2.42 bits per heavy atom. The molecule has 1 amide bonds. The molecule has 0 aromatic carbocycles. The van der Waals surface area contributed by atoms with Gasteiger partial charge in [-0.1, -0.05) is 6.92 Å². The zero-order valence-corrected chi connectivity index (χ0v) is 15.5. The fourth-order valence-electron chi connectivity index (χ4n) is 3.84. The molecule has 0 spiro atoms. The van der Waals surface area contributed by atoms with Gasteiger partial charge in [0, 0.05) is 32.6 Å². The van der Waals surface area contributed by atoms with Crippen LogP contribution in [-0.4, -0.2) is 66.7 Å². The summed E-state index contributed by atoms with van der Waals surface area (Å²) in [4.78, 5) is 16.0. The van der Waals surface area contributed by atoms with Crippen molar-refractivity contribution in [3.63, 3.8) is 0 Å². The number of hydrogen-bond acceptors (Lipinski definition) is 5. The monoisotopic (exact) mass is 354 g/mol. The van der Waals surface area contributed by atoms with Crippen molar-refractivity contribution >= 4 is 21.4 Å². The summed E-state index contributed by atoms with van der Waals surface area (Å²) < 4.78 is 25.4. The third kappa shape index (κ3) is 3.16. The van der Waals surface area contributed by atoms with Crippen molar-refractivity contribution in [1.29, 1.82) is 0 Å².